The fourth-order valence-electron chi connectivity index (χ4n) is 2.61. The molecule has 0 atom stereocenters. The van der Waals surface area contributed by atoms with Gasteiger partial charge in [-0.1, -0.05) is 0 Å². The lowest BCUT2D eigenvalue weighted by Gasteiger charge is -2.15. The van der Waals surface area contributed by atoms with Gasteiger partial charge in [-0.15, -0.1) is 0 Å². The largest absolute Gasteiger partial charge is 0.483 e. The zero-order chi connectivity index (χ0) is 23.8. The Balaban J connectivity index is 2.04. The van der Waals surface area contributed by atoms with E-state index in [4.69, 9.17) is 0 Å². The van der Waals surface area contributed by atoms with Crippen molar-refractivity contribution in [2.24, 2.45) is 7.05 Å². The summed E-state index contributed by atoms with van der Waals surface area (Å²) in [5, 5.41) is 10.8. The smallest absolute Gasteiger partial charge is 0.437 e. The van der Waals surface area contributed by atoms with Gasteiger partial charge in [0.2, 0.25) is 0 Å². The lowest BCUT2D eigenvalue weighted by molar-refractivity contribution is -0.153. The van der Waals surface area contributed by atoms with Gasteiger partial charge in [0.25, 0.3) is 5.91 Å². The molecule has 0 bridgehead atoms. The molecule has 3 aromatic rings. The second-order valence-electron chi connectivity index (χ2n) is 6.50. The SMILES string of the molecule is Cc1[nH]nc(C(F)(F)F)c1NC(=O)c1cc(F)c(-c2ncn(C)n2)cc1OCC(F)(F)F. The Labute approximate surface area is 174 Å². The molecule has 0 unspecified atom stereocenters. The minimum Gasteiger partial charge on any atom is -0.483 e. The molecule has 3 rings (SSSR count). The van der Waals surface area contributed by atoms with Crippen LogP contribution in [0.4, 0.5) is 36.4 Å². The zero-order valence-electron chi connectivity index (χ0n) is 16.2. The number of anilines is 1. The summed E-state index contributed by atoms with van der Waals surface area (Å²) in [6.07, 6.45) is -8.55. The third kappa shape index (κ3) is 4.97. The van der Waals surface area contributed by atoms with Gasteiger partial charge in [-0.2, -0.15) is 36.5 Å². The number of amides is 1. The second-order valence-corrected chi connectivity index (χ2v) is 6.50. The number of nitrogens with one attached hydrogen (secondary N) is 2. The molecule has 0 aliphatic carbocycles. The molecule has 1 amide bonds. The van der Waals surface area contributed by atoms with E-state index in [2.05, 4.69) is 19.9 Å². The van der Waals surface area contributed by atoms with Crippen LogP contribution in [-0.2, 0) is 13.2 Å². The van der Waals surface area contributed by atoms with E-state index >= 15 is 0 Å². The molecule has 15 heteroatoms. The Bertz CT molecular complexity index is 1150. The van der Waals surface area contributed by atoms with E-state index in [0.717, 1.165) is 6.07 Å². The van der Waals surface area contributed by atoms with E-state index in [9.17, 15) is 35.5 Å². The standard InChI is InChI=1S/C17H13F7N6O2/c1-7-12(13(28-27-7)17(22,23)24)26-15(31)9-3-10(18)8(14-25-6-30(2)29-14)4-11(9)32-5-16(19,20)21/h3-4,6H,5H2,1-2H3,(H,26,31)(H,27,28). The minimum atomic E-state index is -4.94. The maximum Gasteiger partial charge on any atom is 0.437 e. The number of nitrogens with zero attached hydrogens (tertiary/aromatic N) is 4. The van der Waals surface area contributed by atoms with Crippen molar-refractivity contribution < 1.29 is 40.3 Å². The normalized spacial score (nSPS) is 12.2. The number of aromatic amines is 1. The highest BCUT2D eigenvalue weighted by Gasteiger charge is 2.38. The second kappa shape index (κ2) is 8.12. The number of benzene rings is 1. The maximum atomic E-state index is 14.6. The molecule has 1 aromatic carbocycles. The van der Waals surface area contributed by atoms with E-state index < -0.39 is 53.4 Å². The molecule has 2 heterocycles. The fourth-order valence-corrected chi connectivity index (χ4v) is 2.61. The van der Waals surface area contributed by atoms with Gasteiger partial charge in [0.05, 0.1) is 22.5 Å². The highest BCUT2D eigenvalue weighted by molar-refractivity contribution is 6.07. The number of halogens is 7. The monoisotopic (exact) mass is 466 g/mol. The molecule has 2 N–H and O–H groups in total. The Hall–Kier alpha value is -3.65. The Morgan fingerprint density at radius 3 is 2.47 bits per heavy atom. The maximum absolute atomic E-state index is 14.6. The van der Waals surface area contributed by atoms with E-state index in [-0.39, 0.29) is 17.1 Å². The molecule has 0 spiro atoms. The first kappa shape index (κ1) is 23.0. The van der Waals surface area contributed by atoms with Gasteiger partial charge in [-0.3, -0.25) is 14.6 Å². The van der Waals surface area contributed by atoms with Gasteiger partial charge in [0, 0.05) is 7.05 Å². The molecular weight excluding hydrogens is 453 g/mol. The van der Waals surface area contributed by atoms with Gasteiger partial charge in [-0.05, 0) is 19.1 Å². The number of rotatable bonds is 5. The van der Waals surface area contributed by atoms with Crippen LogP contribution in [0, 0.1) is 12.7 Å². The van der Waals surface area contributed by atoms with Crippen LogP contribution in [0.25, 0.3) is 11.4 Å². The molecule has 32 heavy (non-hydrogen) atoms. The number of carbonyl (C=O) groups excluding carboxylic acids is 1. The van der Waals surface area contributed by atoms with E-state index in [1.165, 1.54) is 25.0 Å². The molecule has 0 fully saturated rings. The van der Waals surface area contributed by atoms with Crippen LogP contribution in [0.2, 0.25) is 0 Å². The lowest BCUT2D eigenvalue weighted by atomic mass is 10.1. The average molecular weight is 466 g/mol. The molecule has 8 nitrogen and oxygen atoms in total. The van der Waals surface area contributed by atoms with Gasteiger partial charge >= 0.3 is 12.4 Å². The Morgan fingerprint density at radius 2 is 1.91 bits per heavy atom. The summed E-state index contributed by atoms with van der Waals surface area (Å²) < 4.78 is 97.7. The van der Waals surface area contributed by atoms with Crippen molar-refractivity contribution in [2.75, 3.05) is 11.9 Å². The number of hydrogen-bond acceptors (Lipinski definition) is 5. The summed E-state index contributed by atoms with van der Waals surface area (Å²) in [7, 11) is 1.46. The zero-order valence-corrected chi connectivity index (χ0v) is 16.2. The number of ether oxygens (including phenoxy) is 1. The summed E-state index contributed by atoms with van der Waals surface area (Å²) >= 11 is 0. The minimum absolute atomic E-state index is 0.182. The van der Waals surface area contributed by atoms with Gasteiger partial charge in [-0.25, -0.2) is 9.37 Å². The van der Waals surface area contributed by atoms with E-state index in [1.807, 2.05) is 10.4 Å². The first-order valence-electron chi connectivity index (χ1n) is 8.59. The Kier molecular flexibility index (Phi) is 5.84. The summed E-state index contributed by atoms with van der Waals surface area (Å²) in [6, 6.07) is 1.29. The van der Waals surface area contributed by atoms with Crippen LogP contribution in [-0.4, -0.2) is 43.7 Å². The highest BCUT2D eigenvalue weighted by atomic mass is 19.4. The lowest BCUT2D eigenvalue weighted by Crippen LogP contribution is -2.22. The molecule has 172 valence electrons. The first-order valence-corrected chi connectivity index (χ1v) is 8.59. The number of hydrogen-bond donors (Lipinski definition) is 2. The average Bonchev–Trinajstić information content (AvgIpc) is 3.25. The number of aryl methyl sites for hydroxylation is 2. The highest BCUT2D eigenvalue weighted by Crippen LogP contribution is 2.36. The summed E-state index contributed by atoms with van der Waals surface area (Å²) in [4.78, 5) is 16.4. The van der Waals surface area contributed by atoms with Crippen LogP contribution in [0.1, 0.15) is 21.7 Å². The number of H-pyrrole nitrogens is 1. The molecule has 0 aliphatic rings. The van der Waals surface area contributed by atoms with Crippen molar-refractivity contribution in [2.45, 2.75) is 19.3 Å². The summed E-state index contributed by atoms with van der Waals surface area (Å²) in [5.41, 5.74) is -3.57. The van der Waals surface area contributed by atoms with Crippen LogP contribution < -0.4 is 10.1 Å². The van der Waals surface area contributed by atoms with Crippen molar-refractivity contribution in [3.05, 3.63) is 41.2 Å². The Morgan fingerprint density at radius 1 is 1.22 bits per heavy atom. The van der Waals surface area contributed by atoms with Crippen LogP contribution >= 0.6 is 0 Å². The molecule has 0 radical (unpaired) electrons. The molecule has 0 aliphatic heterocycles. The first-order chi connectivity index (χ1) is 14.8. The fraction of sp³-hybridized carbons (Fsp3) is 0.294. The van der Waals surface area contributed by atoms with Crippen molar-refractivity contribution in [3.8, 4) is 17.1 Å². The predicted molar refractivity (Wildman–Crippen MR) is 94.2 cm³/mol. The molecule has 0 saturated carbocycles. The predicted octanol–water partition coefficient (Wildman–Crippen LogP) is 3.86. The van der Waals surface area contributed by atoms with Gasteiger partial charge < -0.3 is 10.1 Å². The van der Waals surface area contributed by atoms with Crippen molar-refractivity contribution >= 4 is 11.6 Å². The van der Waals surface area contributed by atoms with Crippen molar-refractivity contribution in [1.29, 1.82) is 0 Å². The molecular formula is C17H13F7N6O2. The van der Waals surface area contributed by atoms with Crippen LogP contribution in [0.5, 0.6) is 5.75 Å². The van der Waals surface area contributed by atoms with Gasteiger partial charge in [0.1, 0.15) is 17.9 Å². The van der Waals surface area contributed by atoms with Crippen LogP contribution in [0.15, 0.2) is 18.5 Å². The number of carbonyl (C=O) groups is 1. The number of aromatic nitrogens is 5. The summed E-state index contributed by atoms with van der Waals surface area (Å²) in [6.45, 7) is -0.665. The van der Waals surface area contributed by atoms with Crippen molar-refractivity contribution in [1.82, 2.24) is 25.0 Å². The summed E-state index contributed by atoms with van der Waals surface area (Å²) in [5.74, 6) is -3.41. The van der Waals surface area contributed by atoms with E-state index in [1.54, 1.807) is 0 Å². The molecule has 2 aromatic heterocycles. The van der Waals surface area contributed by atoms with Gasteiger partial charge in [0.15, 0.2) is 18.1 Å². The van der Waals surface area contributed by atoms with Crippen molar-refractivity contribution in [3.63, 3.8) is 0 Å². The van der Waals surface area contributed by atoms with E-state index in [0.29, 0.717) is 6.07 Å². The molecule has 0 saturated heterocycles. The third-order valence-corrected chi connectivity index (χ3v) is 4.00. The third-order valence-electron chi connectivity index (χ3n) is 4.00. The van der Waals surface area contributed by atoms with Crippen LogP contribution in [0.3, 0.4) is 0 Å². The quantitative estimate of drug-likeness (QED) is 0.557. The number of alkyl halides is 6. The topological polar surface area (TPSA) is 97.7 Å².